The third-order valence-corrected chi connectivity index (χ3v) is 3.49. The number of carbonyl (C=O) groups is 1. The fourth-order valence-electron chi connectivity index (χ4n) is 2.32. The lowest BCUT2D eigenvalue weighted by atomic mass is 10.2. The summed E-state index contributed by atoms with van der Waals surface area (Å²) in [4.78, 5) is 15.6. The first-order chi connectivity index (χ1) is 8.60. The summed E-state index contributed by atoms with van der Waals surface area (Å²) in [6, 6.07) is 1.64. The summed E-state index contributed by atoms with van der Waals surface area (Å²) >= 11 is 0. The van der Waals surface area contributed by atoms with Crippen LogP contribution < -0.4 is 0 Å². The number of carboxylic acid groups (broad SMARTS) is 1. The second-order valence-electron chi connectivity index (χ2n) is 4.70. The standard InChI is InChI=1S/C13H20N2O3/c1-3-14-4-6-15(7-5-14)9-11-8-12(13(16)17)10(2)18-11/h8H,3-7,9H2,1-2H3,(H,16,17). The van der Waals surface area contributed by atoms with Crippen molar-refractivity contribution < 1.29 is 14.3 Å². The molecule has 0 aromatic carbocycles. The molecule has 1 N–H and O–H groups in total. The van der Waals surface area contributed by atoms with E-state index in [9.17, 15) is 4.79 Å². The van der Waals surface area contributed by atoms with Gasteiger partial charge in [0.15, 0.2) is 0 Å². The minimum Gasteiger partial charge on any atom is -0.478 e. The SMILES string of the molecule is CCN1CCN(Cc2cc(C(=O)O)c(C)o2)CC1. The number of furan rings is 1. The van der Waals surface area contributed by atoms with Crippen molar-refractivity contribution in [2.45, 2.75) is 20.4 Å². The van der Waals surface area contributed by atoms with Gasteiger partial charge in [-0.15, -0.1) is 0 Å². The van der Waals surface area contributed by atoms with Gasteiger partial charge in [-0.1, -0.05) is 6.92 Å². The number of rotatable bonds is 4. The van der Waals surface area contributed by atoms with Crippen LogP contribution >= 0.6 is 0 Å². The van der Waals surface area contributed by atoms with Crippen molar-refractivity contribution in [3.63, 3.8) is 0 Å². The van der Waals surface area contributed by atoms with Crippen LogP contribution in [0.1, 0.15) is 28.8 Å². The molecule has 1 aliphatic heterocycles. The van der Waals surface area contributed by atoms with Crippen molar-refractivity contribution in [3.8, 4) is 0 Å². The molecule has 0 aliphatic carbocycles. The molecule has 0 amide bonds. The Hall–Kier alpha value is -1.33. The molecule has 0 saturated carbocycles. The van der Waals surface area contributed by atoms with Crippen LogP contribution in [0.25, 0.3) is 0 Å². The first kappa shape index (κ1) is 13.1. The Kier molecular flexibility index (Phi) is 4.04. The third kappa shape index (κ3) is 2.91. The maximum absolute atomic E-state index is 10.9. The second-order valence-corrected chi connectivity index (χ2v) is 4.70. The Balaban J connectivity index is 1.94. The fourth-order valence-corrected chi connectivity index (χ4v) is 2.32. The molecule has 5 heteroatoms. The minimum atomic E-state index is -0.918. The smallest absolute Gasteiger partial charge is 0.339 e. The number of nitrogens with zero attached hydrogens (tertiary/aromatic N) is 2. The number of carboxylic acids is 1. The van der Waals surface area contributed by atoms with Gasteiger partial charge < -0.3 is 14.4 Å². The van der Waals surface area contributed by atoms with E-state index < -0.39 is 5.97 Å². The lowest BCUT2D eigenvalue weighted by Crippen LogP contribution is -2.45. The van der Waals surface area contributed by atoms with Crippen LogP contribution in [0.4, 0.5) is 0 Å². The molecule has 0 spiro atoms. The number of piperazine rings is 1. The summed E-state index contributed by atoms with van der Waals surface area (Å²) in [5.41, 5.74) is 0.275. The maximum atomic E-state index is 10.9. The highest BCUT2D eigenvalue weighted by Gasteiger charge is 2.19. The largest absolute Gasteiger partial charge is 0.478 e. The van der Waals surface area contributed by atoms with Crippen molar-refractivity contribution in [2.75, 3.05) is 32.7 Å². The van der Waals surface area contributed by atoms with Gasteiger partial charge in [-0.2, -0.15) is 0 Å². The summed E-state index contributed by atoms with van der Waals surface area (Å²) in [5, 5.41) is 8.97. The fraction of sp³-hybridized carbons (Fsp3) is 0.615. The number of hydrogen-bond donors (Lipinski definition) is 1. The number of likely N-dealkylation sites (N-methyl/N-ethyl adjacent to an activating group) is 1. The molecule has 1 fully saturated rings. The van der Waals surface area contributed by atoms with Gasteiger partial charge in [0.25, 0.3) is 0 Å². The molecule has 0 bridgehead atoms. The summed E-state index contributed by atoms with van der Waals surface area (Å²) in [7, 11) is 0. The van der Waals surface area contributed by atoms with Gasteiger partial charge in [-0.25, -0.2) is 4.79 Å². The van der Waals surface area contributed by atoms with Gasteiger partial charge in [0, 0.05) is 26.2 Å². The van der Waals surface area contributed by atoms with Gasteiger partial charge in [-0.3, -0.25) is 4.90 Å². The molecule has 0 unspecified atom stereocenters. The molecule has 100 valence electrons. The predicted octanol–water partition coefficient (Wildman–Crippen LogP) is 1.42. The molecule has 1 saturated heterocycles. The maximum Gasteiger partial charge on any atom is 0.339 e. The summed E-state index contributed by atoms with van der Waals surface area (Å²) < 4.78 is 5.50. The van der Waals surface area contributed by atoms with Gasteiger partial charge >= 0.3 is 5.97 Å². The Bertz CT molecular complexity index is 420. The van der Waals surface area contributed by atoms with Crippen LogP contribution in [0.2, 0.25) is 0 Å². The monoisotopic (exact) mass is 252 g/mol. The normalized spacial score (nSPS) is 18.1. The zero-order valence-electron chi connectivity index (χ0n) is 11.0. The molecule has 2 heterocycles. The van der Waals surface area contributed by atoms with Crippen LogP contribution in [-0.2, 0) is 6.54 Å². The van der Waals surface area contributed by atoms with Crippen LogP contribution in [-0.4, -0.2) is 53.6 Å². The van der Waals surface area contributed by atoms with E-state index in [1.165, 1.54) is 0 Å². The Morgan fingerprint density at radius 3 is 2.44 bits per heavy atom. The summed E-state index contributed by atoms with van der Waals surface area (Å²) in [5.74, 6) is 0.317. The zero-order valence-corrected chi connectivity index (χ0v) is 11.0. The van der Waals surface area contributed by atoms with Crippen molar-refractivity contribution in [3.05, 3.63) is 23.2 Å². The van der Waals surface area contributed by atoms with E-state index in [1.54, 1.807) is 13.0 Å². The van der Waals surface area contributed by atoms with Gasteiger partial charge in [0.1, 0.15) is 17.1 Å². The van der Waals surface area contributed by atoms with E-state index in [4.69, 9.17) is 9.52 Å². The van der Waals surface area contributed by atoms with E-state index in [2.05, 4.69) is 16.7 Å². The molecule has 1 aliphatic rings. The average Bonchev–Trinajstić information content (AvgIpc) is 2.71. The van der Waals surface area contributed by atoms with E-state index in [0.717, 1.165) is 38.5 Å². The van der Waals surface area contributed by atoms with Crippen molar-refractivity contribution in [1.29, 1.82) is 0 Å². The van der Waals surface area contributed by atoms with Gasteiger partial charge in [0.2, 0.25) is 0 Å². The van der Waals surface area contributed by atoms with Gasteiger partial charge in [-0.05, 0) is 19.5 Å². The van der Waals surface area contributed by atoms with Crippen LogP contribution in [0.5, 0.6) is 0 Å². The van der Waals surface area contributed by atoms with E-state index in [1.807, 2.05) is 0 Å². The molecule has 5 nitrogen and oxygen atoms in total. The van der Waals surface area contributed by atoms with Crippen LogP contribution in [0, 0.1) is 6.92 Å². The second kappa shape index (κ2) is 5.54. The van der Waals surface area contributed by atoms with Crippen molar-refractivity contribution >= 4 is 5.97 Å². The number of aryl methyl sites for hydroxylation is 1. The minimum absolute atomic E-state index is 0.275. The lowest BCUT2D eigenvalue weighted by molar-refractivity contribution is 0.0695. The number of aromatic carboxylic acids is 1. The predicted molar refractivity (Wildman–Crippen MR) is 67.8 cm³/mol. The average molecular weight is 252 g/mol. The van der Waals surface area contributed by atoms with E-state index in [-0.39, 0.29) is 5.56 Å². The first-order valence-corrected chi connectivity index (χ1v) is 6.37. The Morgan fingerprint density at radius 2 is 1.94 bits per heavy atom. The van der Waals surface area contributed by atoms with Crippen molar-refractivity contribution in [2.24, 2.45) is 0 Å². The highest BCUT2D eigenvalue weighted by molar-refractivity contribution is 5.88. The number of hydrogen-bond acceptors (Lipinski definition) is 4. The molecule has 0 radical (unpaired) electrons. The molecule has 18 heavy (non-hydrogen) atoms. The molecule has 1 aromatic rings. The lowest BCUT2D eigenvalue weighted by Gasteiger charge is -2.33. The summed E-state index contributed by atoms with van der Waals surface area (Å²) in [6.07, 6.45) is 0. The van der Waals surface area contributed by atoms with Crippen LogP contribution in [0.3, 0.4) is 0 Å². The Labute approximate surface area is 107 Å². The van der Waals surface area contributed by atoms with Crippen molar-refractivity contribution in [1.82, 2.24) is 9.80 Å². The highest BCUT2D eigenvalue weighted by Crippen LogP contribution is 2.17. The first-order valence-electron chi connectivity index (χ1n) is 6.37. The van der Waals surface area contributed by atoms with Gasteiger partial charge in [0.05, 0.1) is 6.54 Å². The Morgan fingerprint density at radius 1 is 1.33 bits per heavy atom. The molecular formula is C13H20N2O3. The molecule has 2 rings (SSSR count). The van der Waals surface area contributed by atoms with E-state index in [0.29, 0.717) is 12.3 Å². The third-order valence-electron chi connectivity index (χ3n) is 3.49. The molecule has 0 atom stereocenters. The zero-order chi connectivity index (χ0) is 13.1. The molecule has 1 aromatic heterocycles. The topological polar surface area (TPSA) is 56.9 Å². The van der Waals surface area contributed by atoms with E-state index >= 15 is 0 Å². The van der Waals surface area contributed by atoms with Crippen LogP contribution in [0.15, 0.2) is 10.5 Å². The highest BCUT2D eigenvalue weighted by atomic mass is 16.4. The molecular weight excluding hydrogens is 232 g/mol. The quantitative estimate of drug-likeness (QED) is 0.878. The summed E-state index contributed by atoms with van der Waals surface area (Å²) in [6.45, 7) is 9.82.